The zero-order valence-corrected chi connectivity index (χ0v) is 27.9. The molecule has 232 valence electrons. The Morgan fingerprint density at radius 3 is 1.11 bits per heavy atom. The summed E-state index contributed by atoms with van der Waals surface area (Å²) < 4.78 is 2.09. The fraction of sp³-hybridized carbons (Fsp3) is 0.297. The molecule has 0 atom stereocenters. The van der Waals surface area contributed by atoms with Crippen molar-refractivity contribution in [1.82, 2.24) is 19.6 Å². The SMILES string of the molecule is CN(C)C(=O)N(C)CCCN(C)C(N(C)C)=[N+](C)C.c1ccc([B-](c2ccccc2)(c2ccccc2)c2ccccc2)cc1. The third kappa shape index (κ3) is 8.31. The molecule has 4 aromatic carbocycles. The minimum atomic E-state index is -1.22. The van der Waals surface area contributed by atoms with Crippen LogP contribution in [0.25, 0.3) is 0 Å². The Bertz CT molecular complexity index is 1280. The lowest BCUT2D eigenvalue weighted by atomic mass is 9.13. The van der Waals surface area contributed by atoms with Gasteiger partial charge in [0.1, 0.15) is 6.15 Å². The van der Waals surface area contributed by atoms with Gasteiger partial charge in [0.05, 0.1) is 41.8 Å². The first kappa shape index (κ1) is 34.0. The molecule has 0 spiro atoms. The van der Waals surface area contributed by atoms with E-state index in [4.69, 9.17) is 0 Å². The molecule has 0 saturated carbocycles. The van der Waals surface area contributed by atoms with Crippen molar-refractivity contribution in [2.75, 3.05) is 69.5 Å². The summed E-state index contributed by atoms with van der Waals surface area (Å²) in [5, 5.41) is 0. The van der Waals surface area contributed by atoms with Crippen LogP contribution in [0.5, 0.6) is 0 Å². The topological polar surface area (TPSA) is 33.0 Å². The summed E-state index contributed by atoms with van der Waals surface area (Å²) in [6.45, 7) is 1.67. The Morgan fingerprint density at radius 2 is 0.841 bits per heavy atom. The van der Waals surface area contributed by atoms with Crippen LogP contribution in [0.1, 0.15) is 6.42 Å². The molecule has 0 heterocycles. The molecule has 6 nitrogen and oxygen atoms in total. The van der Waals surface area contributed by atoms with Crippen molar-refractivity contribution < 1.29 is 9.37 Å². The molecule has 0 N–H and O–H groups in total. The van der Waals surface area contributed by atoms with Gasteiger partial charge in [-0.15, -0.1) is 0 Å². The summed E-state index contributed by atoms with van der Waals surface area (Å²) in [5.41, 5.74) is 5.36. The van der Waals surface area contributed by atoms with Crippen LogP contribution in [-0.2, 0) is 0 Å². The Hall–Kier alpha value is -4.52. The minimum absolute atomic E-state index is 0.0482. The van der Waals surface area contributed by atoms with E-state index in [1.165, 1.54) is 21.9 Å². The molecule has 0 aromatic heterocycles. The molecule has 44 heavy (non-hydrogen) atoms. The number of amides is 2. The summed E-state index contributed by atoms with van der Waals surface area (Å²) in [7, 11) is 15.6. The second-order valence-corrected chi connectivity index (χ2v) is 12.0. The van der Waals surface area contributed by atoms with E-state index < -0.39 is 6.15 Å². The largest absolute Gasteiger partial charge is 0.349 e. The first-order chi connectivity index (χ1) is 21.1. The monoisotopic (exact) mass is 591 g/mol. The zero-order chi connectivity index (χ0) is 32.1. The van der Waals surface area contributed by atoms with Crippen LogP contribution in [-0.4, -0.2) is 112 Å². The van der Waals surface area contributed by atoms with Crippen LogP contribution >= 0.6 is 0 Å². The third-order valence-corrected chi connectivity index (χ3v) is 8.04. The van der Waals surface area contributed by atoms with E-state index in [1.807, 2.05) is 35.2 Å². The molecule has 0 aliphatic heterocycles. The molecule has 4 aromatic rings. The first-order valence-corrected chi connectivity index (χ1v) is 15.3. The van der Waals surface area contributed by atoms with Gasteiger partial charge in [-0.1, -0.05) is 121 Å². The summed E-state index contributed by atoms with van der Waals surface area (Å²) >= 11 is 0. The van der Waals surface area contributed by atoms with E-state index in [-0.39, 0.29) is 6.03 Å². The fourth-order valence-corrected chi connectivity index (χ4v) is 6.29. The standard InChI is InChI=1S/C24H20B.C13H30N5O/c1-5-13-21(14-6-1)25(22-15-7-2-8-16-22,23-17-9-3-10-18-23)24-19-11-4-12-20-24;1-14(2)12(15(3)4)17(7)10-9-11-18(8)13(19)16(5)6/h1-20H;9-11H2,1-8H3/q-1;+1. The summed E-state index contributed by atoms with van der Waals surface area (Å²) in [6.07, 6.45) is -0.273. The van der Waals surface area contributed by atoms with Crippen molar-refractivity contribution in [3.05, 3.63) is 121 Å². The zero-order valence-electron chi connectivity index (χ0n) is 27.9. The molecule has 0 saturated heterocycles. The molecule has 4 rings (SSSR count). The smallest absolute Gasteiger partial charge is 0.331 e. The number of hydrogen-bond donors (Lipinski definition) is 0. The van der Waals surface area contributed by atoms with Crippen LogP contribution in [0.4, 0.5) is 4.79 Å². The number of rotatable bonds is 8. The van der Waals surface area contributed by atoms with E-state index in [2.05, 4.69) is 143 Å². The number of nitrogens with zero attached hydrogens (tertiary/aromatic N) is 5. The van der Waals surface area contributed by atoms with Gasteiger partial charge in [-0.25, -0.2) is 4.79 Å². The fourth-order valence-electron chi connectivity index (χ4n) is 6.29. The van der Waals surface area contributed by atoms with Gasteiger partial charge in [0.25, 0.3) is 0 Å². The van der Waals surface area contributed by atoms with Gasteiger partial charge < -0.3 is 9.80 Å². The van der Waals surface area contributed by atoms with Gasteiger partial charge in [-0.05, 0) is 6.42 Å². The second-order valence-electron chi connectivity index (χ2n) is 12.0. The predicted molar refractivity (Wildman–Crippen MR) is 190 cm³/mol. The van der Waals surface area contributed by atoms with Gasteiger partial charge in [0.2, 0.25) is 0 Å². The average Bonchev–Trinajstić information content (AvgIpc) is 3.03. The summed E-state index contributed by atoms with van der Waals surface area (Å²) in [6, 6.07) is 43.6. The van der Waals surface area contributed by atoms with Crippen molar-refractivity contribution in [3.8, 4) is 0 Å². The molecular formula is C37H50BN5O. The Balaban J connectivity index is 0.000000252. The molecule has 7 heteroatoms. The van der Waals surface area contributed by atoms with Gasteiger partial charge in [0.15, 0.2) is 0 Å². The molecule has 0 bridgehead atoms. The molecule has 0 radical (unpaired) electrons. The number of carbonyl (C=O) groups excluding carboxylic acids is 1. The summed E-state index contributed by atoms with van der Waals surface area (Å²) in [5.74, 6) is 1.15. The maximum absolute atomic E-state index is 11.7. The van der Waals surface area contributed by atoms with Crippen LogP contribution in [0.15, 0.2) is 121 Å². The van der Waals surface area contributed by atoms with Crippen LogP contribution in [0, 0.1) is 0 Å². The van der Waals surface area contributed by atoms with E-state index in [9.17, 15) is 4.79 Å². The third-order valence-electron chi connectivity index (χ3n) is 8.04. The molecule has 0 fully saturated rings. The van der Waals surface area contributed by atoms with Crippen molar-refractivity contribution in [1.29, 1.82) is 0 Å². The van der Waals surface area contributed by atoms with E-state index in [0.717, 1.165) is 25.5 Å². The lowest BCUT2D eigenvalue weighted by Gasteiger charge is -2.44. The molecule has 0 aliphatic rings. The maximum atomic E-state index is 11.7. The average molecular weight is 592 g/mol. The molecular weight excluding hydrogens is 541 g/mol. The number of guanidine groups is 1. The van der Waals surface area contributed by atoms with E-state index in [0.29, 0.717) is 0 Å². The van der Waals surface area contributed by atoms with Crippen molar-refractivity contribution in [3.63, 3.8) is 0 Å². The van der Waals surface area contributed by atoms with Crippen molar-refractivity contribution >= 4 is 40.0 Å². The van der Waals surface area contributed by atoms with Gasteiger partial charge >= 0.3 is 12.0 Å². The normalized spacial score (nSPS) is 10.6. The molecule has 2 amide bonds. The number of carbonyl (C=O) groups is 1. The van der Waals surface area contributed by atoms with Crippen molar-refractivity contribution in [2.24, 2.45) is 0 Å². The Kier molecular flexibility index (Phi) is 12.6. The highest BCUT2D eigenvalue weighted by molar-refractivity contribution is 7.19. The Labute approximate surface area is 265 Å². The Morgan fingerprint density at radius 1 is 0.523 bits per heavy atom. The predicted octanol–water partition coefficient (Wildman–Crippen LogP) is 3.18. The highest BCUT2D eigenvalue weighted by atomic mass is 16.2. The first-order valence-electron chi connectivity index (χ1n) is 15.3. The number of urea groups is 1. The molecule has 0 aliphatic carbocycles. The lowest BCUT2D eigenvalue weighted by Crippen LogP contribution is -2.74. The minimum Gasteiger partial charge on any atom is -0.331 e. The highest BCUT2D eigenvalue weighted by Crippen LogP contribution is 2.09. The number of hydrogen-bond acceptors (Lipinski definition) is 1. The van der Waals surface area contributed by atoms with E-state index in [1.54, 1.807) is 23.9 Å². The number of benzene rings is 4. The van der Waals surface area contributed by atoms with Crippen molar-refractivity contribution in [2.45, 2.75) is 6.42 Å². The molecule has 0 unspecified atom stereocenters. The second kappa shape index (κ2) is 16.4. The van der Waals surface area contributed by atoms with E-state index >= 15 is 0 Å². The van der Waals surface area contributed by atoms with Crippen LogP contribution in [0.3, 0.4) is 0 Å². The summed E-state index contributed by atoms with van der Waals surface area (Å²) in [4.78, 5) is 19.3. The highest BCUT2D eigenvalue weighted by Gasteiger charge is 2.31. The van der Waals surface area contributed by atoms with Gasteiger partial charge in [-0.2, -0.15) is 21.9 Å². The maximum Gasteiger partial charge on any atom is 0.349 e. The lowest BCUT2D eigenvalue weighted by molar-refractivity contribution is -0.475. The quantitative estimate of drug-likeness (QED) is 0.137. The van der Waals surface area contributed by atoms with Gasteiger partial charge in [-0.3, -0.25) is 14.4 Å². The van der Waals surface area contributed by atoms with Crippen LogP contribution in [0.2, 0.25) is 0 Å². The van der Waals surface area contributed by atoms with Gasteiger partial charge in [0, 0.05) is 27.7 Å². The van der Waals surface area contributed by atoms with Crippen LogP contribution < -0.4 is 21.9 Å².